The van der Waals surface area contributed by atoms with Crippen LogP contribution in [0.4, 0.5) is 5.82 Å². The van der Waals surface area contributed by atoms with Crippen LogP contribution in [0.3, 0.4) is 0 Å². The Labute approximate surface area is 176 Å². The Morgan fingerprint density at radius 2 is 2.03 bits per heavy atom. The van der Waals surface area contributed by atoms with E-state index in [-0.39, 0.29) is 11.9 Å². The third-order valence-electron chi connectivity index (χ3n) is 4.87. The van der Waals surface area contributed by atoms with Gasteiger partial charge in [0.2, 0.25) is 5.28 Å². The van der Waals surface area contributed by atoms with Crippen molar-refractivity contribution in [1.82, 2.24) is 14.5 Å². The fourth-order valence-corrected chi connectivity index (χ4v) is 3.92. The number of morpholine rings is 1. The third-order valence-corrected chi connectivity index (χ3v) is 5.42. The molecule has 0 saturated carbocycles. The van der Waals surface area contributed by atoms with Gasteiger partial charge in [-0.25, -0.2) is 4.89 Å². The van der Waals surface area contributed by atoms with Gasteiger partial charge in [-0.2, -0.15) is 9.97 Å². The molecule has 12 nitrogen and oxygen atoms in total. The van der Waals surface area contributed by atoms with E-state index in [1.54, 1.807) is 16.8 Å². The van der Waals surface area contributed by atoms with Crippen LogP contribution in [-0.4, -0.2) is 87.5 Å². The van der Waals surface area contributed by atoms with Crippen LogP contribution in [0.15, 0.2) is 12.3 Å². The summed E-state index contributed by atoms with van der Waals surface area (Å²) < 4.78 is 28.1. The number of fused-ring (bicyclic) bond motifs is 1. The minimum Gasteiger partial charge on any atom is -0.387 e. The van der Waals surface area contributed by atoms with Crippen molar-refractivity contribution in [2.45, 2.75) is 24.5 Å². The van der Waals surface area contributed by atoms with Gasteiger partial charge in [-0.1, -0.05) is 0 Å². The van der Waals surface area contributed by atoms with Crippen molar-refractivity contribution in [2.24, 2.45) is 0 Å². The maximum Gasteiger partial charge on any atom is 0.352 e. The SMILES string of the molecule is CP(=O)(O)OOC[C@H]1O[C@@H](n2ccc3c(N4CCOCC4)nc(Cl)nc32)[C@H](O)[C@@H]1O. The normalized spacial score (nSPS) is 29.4. The molecular weight excluding hydrogens is 443 g/mol. The molecule has 3 N–H and O–H groups in total. The summed E-state index contributed by atoms with van der Waals surface area (Å²) in [4.78, 5) is 24.5. The Morgan fingerprint density at radius 1 is 1.30 bits per heavy atom. The summed E-state index contributed by atoms with van der Waals surface area (Å²) in [6.45, 7) is 3.05. The van der Waals surface area contributed by atoms with Crippen LogP contribution in [-0.2, 0) is 23.6 Å². The molecule has 0 amide bonds. The second-order valence-electron chi connectivity index (χ2n) is 7.08. The number of hydrogen-bond acceptors (Lipinski definition) is 10. The number of halogens is 1. The number of nitrogens with zero attached hydrogens (tertiary/aromatic N) is 4. The van der Waals surface area contributed by atoms with Crippen molar-refractivity contribution in [3.8, 4) is 0 Å². The molecule has 0 aromatic carbocycles. The summed E-state index contributed by atoms with van der Waals surface area (Å²) in [5.41, 5.74) is 0.430. The van der Waals surface area contributed by atoms with Crippen LogP contribution in [0.2, 0.25) is 5.28 Å². The van der Waals surface area contributed by atoms with Crippen LogP contribution in [0, 0.1) is 0 Å². The molecule has 2 aromatic heterocycles. The molecule has 1 unspecified atom stereocenters. The summed E-state index contributed by atoms with van der Waals surface area (Å²) in [5, 5.41) is 21.6. The van der Waals surface area contributed by atoms with Crippen LogP contribution in [0.5, 0.6) is 0 Å². The molecule has 4 rings (SSSR count). The highest BCUT2D eigenvalue weighted by Crippen LogP contribution is 2.38. The molecule has 0 bridgehead atoms. The second kappa shape index (κ2) is 8.65. The largest absolute Gasteiger partial charge is 0.387 e. The Kier molecular flexibility index (Phi) is 6.31. The van der Waals surface area contributed by atoms with Crippen LogP contribution in [0.1, 0.15) is 6.23 Å². The number of anilines is 1. The molecule has 2 aromatic rings. The monoisotopic (exact) mass is 464 g/mol. The Bertz CT molecular complexity index is 949. The summed E-state index contributed by atoms with van der Waals surface area (Å²) in [5.74, 6) is 0.648. The van der Waals surface area contributed by atoms with E-state index in [4.69, 9.17) is 26.0 Å². The first-order valence-electron chi connectivity index (χ1n) is 9.24. The van der Waals surface area contributed by atoms with Gasteiger partial charge in [-0.3, -0.25) is 4.57 Å². The topological polar surface area (TPSA) is 149 Å². The van der Waals surface area contributed by atoms with Crippen molar-refractivity contribution in [2.75, 3.05) is 44.5 Å². The number of ether oxygens (including phenoxy) is 2. The lowest BCUT2D eigenvalue weighted by molar-refractivity contribution is -0.238. The number of rotatable bonds is 6. The van der Waals surface area contributed by atoms with Crippen LogP contribution < -0.4 is 4.90 Å². The zero-order chi connectivity index (χ0) is 21.5. The lowest BCUT2D eigenvalue weighted by Crippen LogP contribution is -2.37. The lowest BCUT2D eigenvalue weighted by Gasteiger charge is -2.28. The molecule has 14 heteroatoms. The number of aliphatic hydroxyl groups is 2. The number of aromatic nitrogens is 3. The molecule has 0 radical (unpaired) electrons. The third kappa shape index (κ3) is 4.47. The standard InChI is InChI=1S/C16H22ClN4O8P/c1-30(24,25)29-27-8-10-11(22)12(23)15(28-10)21-3-2-9-13(18-16(17)19-14(9)21)20-4-6-26-7-5-20/h2-3,10-12,15,22-23H,4-8H2,1H3,(H,24,25)/t10-,11-,12-,15-/m1/s1. The second-order valence-corrected chi connectivity index (χ2v) is 9.18. The Hall–Kier alpha value is -1.34. The van der Waals surface area contributed by atoms with Gasteiger partial charge < -0.3 is 34.0 Å². The van der Waals surface area contributed by atoms with Gasteiger partial charge >= 0.3 is 7.60 Å². The first-order chi connectivity index (χ1) is 14.2. The van der Waals surface area contributed by atoms with E-state index in [1.807, 2.05) is 4.90 Å². The molecule has 0 aliphatic carbocycles. The predicted molar refractivity (Wildman–Crippen MR) is 104 cm³/mol. The predicted octanol–water partition coefficient (Wildman–Crippen LogP) is 0.304. The molecular formula is C16H22ClN4O8P. The van der Waals surface area contributed by atoms with Crippen LogP contribution in [0.25, 0.3) is 11.0 Å². The summed E-state index contributed by atoms with van der Waals surface area (Å²) in [6.07, 6.45) is -2.95. The minimum atomic E-state index is -3.85. The highest BCUT2D eigenvalue weighted by atomic mass is 35.5. The van der Waals surface area contributed by atoms with E-state index in [9.17, 15) is 14.8 Å². The Morgan fingerprint density at radius 3 is 2.73 bits per heavy atom. The van der Waals surface area contributed by atoms with Crippen molar-refractivity contribution in [3.63, 3.8) is 0 Å². The van der Waals surface area contributed by atoms with Gasteiger partial charge in [0.1, 0.15) is 36.4 Å². The number of hydrogen-bond donors (Lipinski definition) is 3. The molecule has 2 aliphatic rings. The van der Waals surface area contributed by atoms with E-state index in [1.165, 1.54) is 0 Å². The highest BCUT2D eigenvalue weighted by molar-refractivity contribution is 7.51. The van der Waals surface area contributed by atoms with Crippen molar-refractivity contribution in [1.29, 1.82) is 0 Å². The summed E-state index contributed by atoms with van der Waals surface area (Å²) in [6, 6.07) is 1.78. The van der Waals surface area contributed by atoms with Gasteiger partial charge in [0.25, 0.3) is 0 Å². The molecule has 0 spiro atoms. The van der Waals surface area contributed by atoms with Crippen molar-refractivity contribution < 1.29 is 38.7 Å². The quantitative estimate of drug-likeness (QED) is 0.234. The van der Waals surface area contributed by atoms with Crippen LogP contribution >= 0.6 is 19.2 Å². The van der Waals surface area contributed by atoms with E-state index < -0.39 is 32.1 Å². The average Bonchev–Trinajstić information content (AvgIpc) is 3.23. The van der Waals surface area contributed by atoms with E-state index >= 15 is 0 Å². The van der Waals surface area contributed by atoms with Gasteiger partial charge in [0, 0.05) is 26.0 Å². The molecule has 166 valence electrons. The molecule has 30 heavy (non-hydrogen) atoms. The zero-order valence-corrected chi connectivity index (χ0v) is 17.6. The van der Waals surface area contributed by atoms with Gasteiger partial charge in [-0.05, 0) is 17.7 Å². The molecule has 2 aliphatic heterocycles. The fraction of sp³-hybridized carbons (Fsp3) is 0.625. The smallest absolute Gasteiger partial charge is 0.352 e. The van der Waals surface area contributed by atoms with E-state index in [0.717, 1.165) is 6.66 Å². The lowest BCUT2D eigenvalue weighted by atomic mass is 10.1. The first kappa shape index (κ1) is 21.9. The van der Waals surface area contributed by atoms with Crippen molar-refractivity contribution in [3.05, 3.63) is 17.5 Å². The highest BCUT2D eigenvalue weighted by Gasteiger charge is 2.44. The van der Waals surface area contributed by atoms with E-state index in [0.29, 0.717) is 43.2 Å². The van der Waals surface area contributed by atoms with E-state index in [2.05, 4.69) is 19.5 Å². The van der Waals surface area contributed by atoms with Gasteiger partial charge in [0.15, 0.2) is 6.23 Å². The molecule has 5 atom stereocenters. The van der Waals surface area contributed by atoms with Gasteiger partial charge in [-0.15, -0.1) is 4.67 Å². The fourth-order valence-electron chi connectivity index (χ4n) is 3.51. The van der Waals surface area contributed by atoms with Crippen molar-refractivity contribution >= 4 is 36.0 Å². The number of aliphatic hydroxyl groups excluding tert-OH is 2. The summed E-state index contributed by atoms with van der Waals surface area (Å²) in [7, 11) is -3.85. The average molecular weight is 465 g/mol. The maximum atomic E-state index is 11.1. The first-order valence-corrected chi connectivity index (χ1v) is 11.6. The zero-order valence-electron chi connectivity index (χ0n) is 16.0. The van der Waals surface area contributed by atoms with Gasteiger partial charge in [0.05, 0.1) is 18.6 Å². The molecule has 4 heterocycles. The minimum absolute atomic E-state index is 0.0342. The molecule has 2 saturated heterocycles. The Balaban J connectivity index is 1.58. The molecule has 2 fully saturated rings. The maximum absolute atomic E-state index is 11.1. The summed E-state index contributed by atoms with van der Waals surface area (Å²) >= 11 is 6.15.